The fourth-order valence-corrected chi connectivity index (χ4v) is 0. The van der Waals surface area contributed by atoms with Crippen molar-refractivity contribution in [2.24, 2.45) is 0 Å². The molecule has 0 heterocycles. The van der Waals surface area contributed by atoms with Gasteiger partial charge >= 0.3 is 29.6 Å². The van der Waals surface area contributed by atoms with Crippen molar-refractivity contribution in [2.75, 3.05) is 0 Å². The average Bonchev–Trinajstić information content (AvgIpc) is 0. The van der Waals surface area contributed by atoms with Gasteiger partial charge in [-0.3, -0.25) is 0 Å². The van der Waals surface area contributed by atoms with Crippen molar-refractivity contribution in [1.29, 1.82) is 0 Å². The largest absolute Gasteiger partial charge is 1.00 e. The fraction of sp³-hybridized carbons (Fsp3) is 0. The Morgan fingerprint density at radius 2 is 0.750 bits per heavy atom. The molecule has 0 aromatic rings. The molecule has 0 aromatic heterocycles. The van der Waals surface area contributed by atoms with Crippen molar-refractivity contribution in [3.8, 4) is 0 Å². The third-order valence-electron chi connectivity index (χ3n) is 0. The quantitative estimate of drug-likeness (QED) is 0.356. The molecule has 4 heavy (non-hydrogen) atoms. The molecule has 0 radical (unpaired) electrons. The average molecular weight is 220 g/mol. The molecule has 0 atom stereocenters. The Kier molecular flexibility index (Phi) is 159. The van der Waals surface area contributed by atoms with Crippen molar-refractivity contribution < 1.29 is 75.9 Å². The van der Waals surface area contributed by atoms with Crippen LogP contribution >= 0.6 is 0 Å². The van der Waals surface area contributed by atoms with Gasteiger partial charge in [0.05, 0.1) is 12.4 Å². The number of rotatable bonds is 0. The third-order valence-corrected chi connectivity index (χ3v) is 0. The third kappa shape index (κ3) is 8.87. The van der Waals surface area contributed by atoms with Gasteiger partial charge in [-0.2, -0.15) is 0 Å². The van der Waals surface area contributed by atoms with Crippen LogP contribution in [0.4, 0.5) is 0 Å². The van der Waals surface area contributed by atoms with E-state index in [1.54, 1.807) is 0 Å². The molecular weight excluding hydrogens is 218 g/mol. The summed E-state index contributed by atoms with van der Waals surface area (Å²) in [6.45, 7) is 0. The van der Waals surface area contributed by atoms with E-state index in [4.69, 9.17) is 0 Å². The normalized spacial score (nSPS) is 0. The molecule has 0 rings (SSSR count). The van der Waals surface area contributed by atoms with E-state index in [0.717, 1.165) is 0 Å². The summed E-state index contributed by atoms with van der Waals surface area (Å²) in [4.78, 5) is 0. The first kappa shape index (κ1) is 34.0. The zero-order chi connectivity index (χ0) is 0. The Bertz CT molecular complexity index is 6.00. The van der Waals surface area contributed by atoms with Crippen LogP contribution in [0.3, 0.4) is 0 Å². The Morgan fingerprint density at radius 3 is 0.750 bits per heavy atom. The molecule has 4 heteroatoms. The van der Waals surface area contributed by atoms with E-state index in [0.29, 0.717) is 0 Å². The Morgan fingerprint density at radius 1 is 0.750 bits per heavy atom. The van der Waals surface area contributed by atoms with Crippen LogP contribution < -0.4 is 63.5 Å². The van der Waals surface area contributed by atoms with Gasteiger partial charge in [0.1, 0.15) is 0 Å². The van der Waals surface area contributed by atoms with Crippen LogP contribution in [0.15, 0.2) is 0 Å². The topological polar surface area (TPSA) is 0 Å². The summed E-state index contributed by atoms with van der Waals surface area (Å²) in [5.41, 5.74) is 0. The smallest absolute Gasteiger partial charge is 1.00 e. The van der Waals surface area contributed by atoms with Crippen molar-refractivity contribution >= 4 is 0 Å². The minimum atomic E-state index is 0. The van der Waals surface area contributed by atoms with Crippen LogP contribution in [0.2, 0.25) is 0 Å². The van der Waals surface area contributed by atoms with Crippen molar-refractivity contribution in [1.82, 2.24) is 0 Å². The second-order valence-electron chi connectivity index (χ2n) is 0. The molecule has 0 unspecified atom stereocenters. The van der Waals surface area contributed by atoms with Gasteiger partial charge in [-0.15, -0.1) is 0 Å². The SMILES string of the molecule is [Br-].[Br-].[ClH2+].[Na+]. The van der Waals surface area contributed by atoms with Crippen molar-refractivity contribution in [2.45, 2.75) is 0 Å². The van der Waals surface area contributed by atoms with Gasteiger partial charge in [-0.1, -0.05) is 0 Å². The molecule has 24 valence electrons. The molecule has 0 aliphatic heterocycles. The second-order valence-corrected chi connectivity index (χ2v) is 0. The predicted octanol–water partition coefficient (Wildman–Crippen LogP) is -9.52. The van der Waals surface area contributed by atoms with Gasteiger partial charge in [-0.05, 0) is 0 Å². The molecule has 0 aliphatic rings. The maximum absolute atomic E-state index is 0. The standard InChI is InChI=1S/2BrH.ClH2.Na/h2*1H;1H2;/q;;2*+1/p-2. The summed E-state index contributed by atoms with van der Waals surface area (Å²) in [6.07, 6.45) is 0. The van der Waals surface area contributed by atoms with E-state index in [2.05, 4.69) is 0 Å². The van der Waals surface area contributed by atoms with Gasteiger partial charge in [0.25, 0.3) is 0 Å². The summed E-state index contributed by atoms with van der Waals surface area (Å²) >= 11 is 0. The van der Waals surface area contributed by atoms with Gasteiger partial charge in [0.15, 0.2) is 0 Å². The molecule has 0 spiro atoms. The number of hydrogen-bond donors (Lipinski definition) is 0. The van der Waals surface area contributed by atoms with Gasteiger partial charge in [0, 0.05) is 0 Å². The van der Waals surface area contributed by atoms with E-state index in [1.165, 1.54) is 0 Å². The molecule has 0 aromatic carbocycles. The van der Waals surface area contributed by atoms with Crippen molar-refractivity contribution in [3.05, 3.63) is 0 Å². The zero-order valence-corrected chi connectivity index (χ0v) is 8.27. The summed E-state index contributed by atoms with van der Waals surface area (Å²) in [6, 6.07) is 0. The molecular formula is H2Br2ClNa. The zero-order valence-electron chi connectivity index (χ0n) is 2.20. The minimum absolute atomic E-state index is 0. The first-order valence-electron chi connectivity index (χ1n) is 0. The summed E-state index contributed by atoms with van der Waals surface area (Å²) < 4.78 is 0. The summed E-state index contributed by atoms with van der Waals surface area (Å²) in [5, 5.41) is 0. The number of hydrogen-bond acceptors (Lipinski definition) is 0. The first-order valence-corrected chi connectivity index (χ1v) is 0. The van der Waals surface area contributed by atoms with Crippen LogP contribution in [-0.4, -0.2) is 0 Å². The van der Waals surface area contributed by atoms with Crippen LogP contribution in [0, 0.1) is 12.4 Å². The van der Waals surface area contributed by atoms with Crippen molar-refractivity contribution in [3.63, 3.8) is 0 Å². The van der Waals surface area contributed by atoms with Gasteiger partial charge in [-0.25, -0.2) is 0 Å². The molecule has 0 N–H and O–H groups in total. The molecule has 0 fully saturated rings. The Labute approximate surface area is 75.0 Å². The molecule has 0 bridgehead atoms. The Balaban J connectivity index is 0. The molecule has 0 amide bonds. The van der Waals surface area contributed by atoms with E-state index in [1.807, 2.05) is 0 Å². The van der Waals surface area contributed by atoms with E-state index < -0.39 is 0 Å². The monoisotopic (exact) mass is 218 g/mol. The number of halogens is 3. The minimum Gasteiger partial charge on any atom is -1.00 e. The van der Waals surface area contributed by atoms with E-state index in [-0.39, 0.29) is 75.9 Å². The first-order chi connectivity index (χ1) is 0. The summed E-state index contributed by atoms with van der Waals surface area (Å²) in [7, 11) is 0. The van der Waals surface area contributed by atoms with Gasteiger partial charge < -0.3 is 34.0 Å². The maximum Gasteiger partial charge on any atom is 1.00 e. The molecule has 0 nitrogen and oxygen atoms in total. The molecule has 0 saturated heterocycles. The van der Waals surface area contributed by atoms with Crippen LogP contribution in [0.1, 0.15) is 0 Å². The fourth-order valence-electron chi connectivity index (χ4n) is 0. The van der Waals surface area contributed by atoms with Gasteiger partial charge in [0.2, 0.25) is 0 Å². The van der Waals surface area contributed by atoms with Crippen LogP contribution in [-0.2, 0) is 0 Å². The van der Waals surface area contributed by atoms with E-state index >= 15 is 0 Å². The Hall–Kier alpha value is 2.25. The summed E-state index contributed by atoms with van der Waals surface area (Å²) in [5.74, 6) is 0. The predicted molar refractivity (Wildman–Crippen MR) is 2.79 cm³/mol. The van der Waals surface area contributed by atoms with E-state index in [9.17, 15) is 0 Å². The molecule has 0 aliphatic carbocycles. The van der Waals surface area contributed by atoms with Crippen LogP contribution in [0.5, 0.6) is 0 Å². The second kappa shape index (κ2) is 18.7. The molecule has 0 saturated carbocycles. The maximum atomic E-state index is 0. The van der Waals surface area contributed by atoms with Crippen LogP contribution in [0.25, 0.3) is 0 Å².